The van der Waals surface area contributed by atoms with Crippen molar-refractivity contribution in [1.29, 1.82) is 0 Å². The van der Waals surface area contributed by atoms with E-state index in [0.717, 1.165) is 28.6 Å². The Morgan fingerprint density at radius 1 is 1.11 bits per heavy atom. The van der Waals surface area contributed by atoms with Gasteiger partial charge in [0.15, 0.2) is 0 Å². The molecule has 0 bridgehead atoms. The van der Waals surface area contributed by atoms with Gasteiger partial charge in [0.2, 0.25) is 10.0 Å². The average Bonchev–Trinajstić information content (AvgIpc) is 3.05. The molecular formula is C21H23N3O3S. The molecule has 146 valence electrons. The van der Waals surface area contributed by atoms with Crippen LogP contribution in [0.5, 0.6) is 0 Å². The molecule has 7 heteroatoms. The van der Waals surface area contributed by atoms with Gasteiger partial charge < -0.3 is 10.3 Å². The molecule has 0 unspecified atom stereocenters. The number of fused-ring (bicyclic) bond motifs is 1. The van der Waals surface area contributed by atoms with Gasteiger partial charge in [-0.1, -0.05) is 6.07 Å². The van der Waals surface area contributed by atoms with Crippen LogP contribution in [-0.2, 0) is 16.6 Å². The summed E-state index contributed by atoms with van der Waals surface area (Å²) in [5, 5.41) is 4.04. The summed E-state index contributed by atoms with van der Waals surface area (Å²) in [4.78, 5) is 15.7. The van der Waals surface area contributed by atoms with Gasteiger partial charge in [-0.3, -0.25) is 9.10 Å². The van der Waals surface area contributed by atoms with Crippen LogP contribution in [-0.4, -0.2) is 31.6 Å². The summed E-state index contributed by atoms with van der Waals surface area (Å²) < 4.78 is 25.8. The molecule has 1 aliphatic heterocycles. The van der Waals surface area contributed by atoms with Gasteiger partial charge in [0.1, 0.15) is 0 Å². The molecule has 6 nitrogen and oxygen atoms in total. The number of nitrogens with one attached hydrogen (secondary N) is 2. The molecule has 0 saturated carbocycles. The minimum Gasteiger partial charge on any atom is -0.359 e. The quantitative estimate of drug-likeness (QED) is 0.708. The van der Waals surface area contributed by atoms with E-state index in [4.69, 9.17) is 0 Å². The third-order valence-electron chi connectivity index (χ3n) is 5.04. The third kappa shape index (κ3) is 3.75. The lowest BCUT2D eigenvalue weighted by Crippen LogP contribution is -2.37. The van der Waals surface area contributed by atoms with Gasteiger partial charge in [0.25, 0.3) is 5.91 Å². The number of anilines is 1. The standard InChI is InChI=1S/C21H23N3O3S/c1-15-12-18-13-16(4-9-20(18)23-15)14-22-21(25)17-5-7-19(8-6-17)24-10-2-3-11-28(24,26)27/h4-9,12-13,23H,2-3,10-11,14H2,1H3,(H,22,25). The Morgan fingerprint density at radius 2 is 1.89 bits per heavy atom. The zero-order valence-corrected chi connectivity index (χ0v) is 16.6. The van der Waals surface area contributed by atoms with Gasteiger partial charge in [-0.15, -0.1) is 0 Å². The summed E-state index contributed by atoms with van der Waals surface area (Å²) in [5.74, 6) is -0.00124. The van der Waals surface area contributed by atoms with E-state index >= 15 is 0 Å². The first-order chi connectivity index (χ1) is 13.4. The molecule has 0 atom stereocenters. The third-order valence-corrected chi connectivity index (χ3v) is 6.91. The summed E-state index contributed by atoms with van der Waals surface area (Å²) in [6, 6.07) is 14.9. The molecule has 1 fully saturated rings. The number of aromatic nitrogens is 1. The molecule has 2 N–H and O–H groups in total. The van der Waals surface area contributed by atoms with Gasteiger partial charge in [-0.05, 0) is 73.2 Å². The topological polar surface area (TPSA) is 82.3 Å². The molecule has 0 aliphatic carbocycles. The number of H-pyrrole nitrogens is 1. The Balaban J connectivity index is 1.43. The van der Waals surface area contributed by atoms with Gasteiger partial charge >= 0.3 is 0 Å². The number of hydrogen-bond acceptors (Lipinski definition) is 3. The number of carbonyl (C=O) groups is 1. The molecule has 3 aromatic rings. The summed E-state index contributed by atoms with van der Waals surface area (Å²) in [5.41, 5.74) is 4.33. The first-order valence-electron chi connectivity index (χ1n) is 9.39. The fourth-order valence-corrected chi connectivity index (χ4v) is 5.22. The average molecular weight is 398 g/mol. The molecule has 2 aromatic carbocycles. The van der Waals surface area contributed by atoms with Gasteiger partial charge in [0.05, 0.1) is 11.4 Å². The largest absolute Gasteiger partial charge is 0.359 e. The Morgan fingerprint density at radius 3 is 2.64 bits per heavy atom. The van der Waals surface area contributed by atoms with Crippen molar-refractivity contribution in [1.82, 2.24) is 10.3 Å². The van der Waals surface area contributed by atoms with E-state index in [1.165, 1.54) is 4.31 Å². The van der Waals surface area contributed by atoms with E-state index in [2.05, 4.69) is 22.4 Å². The van der Waals surface area contributed by atoms with Crippen LogP contribution in [0.1, 0.15) is 34.5 Å². The summed E-state index contributed by atoms with van der Waals surface area (Å²) in [6.45, 7) is 2.94. The highest BCUT2D eigenvalue weighted by molar-refractivity contribution is 7.92. The van der Waals surface area contributed by atoms with Crippen LogP contribution < -0.4 is 9.62 Å². The zero-order valence-electron chi connectivity index (χ0n) is 15.7. The Kier molecular flexibility index (Phi) is 4.85. The first kappa shape index (κ1) is 18.6. The van der Waals surface area contributed by atoms with Gasteiger partial charge in [-0.25, -0.2) is 8.42 Å². The number of carbonyl (C=O) groups excluding carboxylic acids is 1. The molecule has 0 radical (unpaired) electrons. The maximum Gasteiger partial charge on any atom is 0.251 e. The van der Waals surface area contributed by atoms with Crippen LogP contribution in [0.3, 0.4) is 0 Å². The van der Waals surface area contributed by atoms with Crippen molar-refractivity contribution in [2.75, 3.05) is 16.6 Å². The van der Waals surface area contributed by atoms with Crippen molar-refractivity contribution in [2.45, 2.75) is 26.3 Å². The normalized spacial score (nSPS) is 16.2. The lowest BCUT2D eigenvalue weighted by molar-refractivity contribution is 0.0951. The van der Waals surface area contributed by atoms with E-state index in [9.17, 15) is 13.2 Å². The molecule has 4 rings (SSSR count). The number of aryl methyl sites for hydroxylation is 1. The fraction of sp³-hybridized carbons (Fsp3) is 0.286. The smallest absolute Gasteiger partial charge is 0.251 e. The SMILES string of the molecule is Cc1cc2cc(CNC(=O)c3ccc(N4CCCCS4(=O)=O)cc3)ccc2[nH]1. The van der Waals surface area contributed by atoms with E-state index in [1.54, 1.807) is 24.3 Å². The van der Waals surface area contributed by atoms with Crippen molar-refractivity contribution in [3.63, 3.8) is 0 Å². The number of nitrogens with zero attached hydrogens (tertiary/aromatic N) is 1. The lowest BCUT2D eigenvalue weighted by Gasteiger charge is -2.28. The number of rotatable bonds is 4. The van der Waals surface area contributed by atoms with Crippen LogP contribution in [0.2, 0.25) is 0 Å². The molecule has 2 heterocycles. The number of aromatic amines is 1. The zero-order chi connectivity index (χ0) is 19.7. The van der Waals surface area contributed by atoms with Crippen LogP contribution in [0.15, 0.2) is 48.5 Å². The van der Waals surface area contributed by atoms with Crippen LogP contribution in [0.25, 0.3) is 10.9 Å². The molecule has 1 saturated heterocycles. The highest BCUT2D eigenvalue weighted by atomic mass is 32.2. The first-order valence-corrected chi connectivity index (χ1v) is 11.0. The summed E-state index contributed by atoms with van der Waals surface area (Å²) >= 11 is 0. The predicted octanol–water partition coefficient (Wildman–Crippen LogP) is 3.34. The van der Waals surface area contributed by atoms with E-state index < -0.39 is 10.0 Å². The van der Waals surface area contributed by atoms with Crippen LogP contribution in [0, 0.1) is 6.92 Å². The van der Waals surface area contributed by atoms with E-state index in [-0.39, 0.29) is 11.7 Å². The van der Waals surface area contributed by atoms with Crippen molar-refractivity contribution < 1.29 is 13.2 Å². The summed E-state index contributed by atoms with van der Waals surface area (Å²) in [7, 11) is -3.24. The van der Waals surface area contributed by atoms with Crippen molar-refractivity contribution >= 4 is 32.5 Å². The maximum atomic E-state index is 12.5. The second kappa shape index (κ2) is 7.31. The highest BCUT2D eigenvalue weighted by Crippen LogP contribution is 2.24. The number of benzene rings is 2. The lowest BCUT2D eigenvalue weighted by atomic mass is 10.1. The molecule has 1 aromatic heterocycles. The van der Waals surface area contributed by atoms with Gasteiger partial charge in [0, 0.05) is 29.9 Å². The second-order valence-corrected chi connectivity index (χ2v) is 9.21. The summed E-state index contributed by atoms with van der Waals surface area (Å²) in [6.07, 6.45) is 1.56. The van der Waals surface area contributed by atoms with Crippen molar-refractivity contribution in [2.24, 2.45) is 0 Å². The van der Waals surface area contributed by atoms with Crippen molar-refractivity contribution in [3.05, 3.63) is 65.4 Å². The maximum absolute atomic E-state index is 12.5. The monoisotopic (exact) mass is 397 g/mol. The van der Waals surface area contributed by atoms with E-state index in [0.29, 0.717) is 30.8 Å². The Labute approximate surface area is 164 Å². The van der Waals surface area contributed by atoms with Crippen LogP contribution in [0.4, 0.5) is 5.69 Å². The molecular weight excluding hydrogens is 374 g/mol. The van der Waals surface area contributed by atoms with Crippen LogP contribution >= 0.6 is 0 Å². The highest BCUT2D eigenvalue weighted by Gasteiger charge is 2.25. The molecule has 0 spiro atoms. The number of hydrogen-bond donors (Lipinski definition) is 2. The minimum absolute atomic E-state index is 0.181. The molecule has 1 aliphatic rings. The number of sulfonamides is 1. The Bertz CT molecular complexity index is 1120. The molecule has 28 heavy (non-hydrogen) atoms. The Hall–Kier alpha value is -2.80. The number of amides is 1. The minimum atomic E-state index is -3.24. The van der Waals surface area contributed by atoms with E-state index in [1.807, 2.05) is 19.1 Å². The predicted molar refractivity (Wildman–Crippen MR) is 111 cm³/mol. The van der Waals surface area contributed by atoms with Gasteiger partial charge in [-0.2, -0.15) is 0 Å². The second-order valence-electron chi connectivity index (χ2n) is 7.20. The fourth-order valence-electron chi connectivity index (χ4n) is 3.58. The van der Waals surface area contributed by atoms with Crippen molar-refractivity contribution in [3.8, 4) is 0 Å². The molecule has 1 amide bonds.